The predicted octanol–water partition coefficient (Wildman–Crippen LogP) is 6.79. The Bertz CT molecular complexity index is 617. The van der Waals surface area contributed by atoms with Gasteiger partial charge in [-0.2, -0.15) is 26.3 Å². The van der Waals surface area contributed by atoms with Crippen molar-refractivity contribution in [3.05, 3.63) is 0 Å². The molecule has 4 atom stereocenters. The predicted molar refractivity (Wildman–Crippen MR) is 111 cm³/mol. The molecule has 6 nitrogen and oxygen atoms in total. The summed E-state index contributed by atoms with van der Waals surface area (Å²) in [6.07, 6.45) is -6.98. The van der Waals surface area contributed by atoms with Crippen LogP contribution in [0.2, 0.25) is 0 Å². The summed E-state index contributed by atoms with van der Waals surface area (Å²) >= 11 is 0. The van der Waals surface area contributed by atoms with E-state index in [1.54, 1.807) is 41.5 Å². The normalized spacial score (nSPS) is 20.0. The quantitative estimate of drug-likeness (QED) is 0.0657. The van der Waals surface area contributed by atoms with Crippen LogP contribution in [0.1, 0.15) is 81.1 Å². The van der Waals surface area contributed by atoms with E-state index in [1.165, 1.54) is 0 Å². The first kappa shape index (κ1) is 34.4. The highest BCUT2D eigenvalue weighted by atomic mass is 28.4. The molecule has 0 heterocycles. The number of rotatable bonds is 17. The van der Waals surface area contributed by atoms with Crippen molar-refractivity contribution in [2.45, 2.75) is 129 Å². The fraction of sp³-hybridized carbons (Fsp3) is 1.00. The minimum Gasteiger partial charge on any atom is -0.348 e. The van der Waals surface area contributed by atoms with Crippen molar-refractivity contribution < 1.29 is 58.0 Å². The van der Waals surface area contributed by atoms with Crippen molar-refractivity contribution in [2.24, 2.45) is 0 Å². The summed E-state index contributed by atoms with van der Waals surface area (Å²) in [6, 6.07) is -6.32. The van der Waals surface area contributed by atoms with Gasteiger partial charge in [0, 0.05) is 18.3 Å². The van der Waals surface area contributed by atoms with Gasteiger partial charge in [0.2, 0.25) is 0 Å². The van der Waals surface area contributed by atoms with Crippen molar-refractivity contribution in [3.8, 4) is 0 Å². The summed E-state index contributed by atoms with van der Waals surface area (Å²) in [4.78, 5) is 0. The molecule has 35 heavy (non-hydrogen) atoms. The highest BCUT2D eigenvalue weighted by molar-refractivity contribution is 6.53. The molecule has 0 aliphatic carbocycles. The second-order valence-corrected chi connectivity index (χ2v) is 10.4. The molecular formula is C20H36F8NO5Si. The van der Waals surface area contributed by atoms with Crippen molar-refractivity contribution in [2.75, 3.05) is 0 Å². The van der Waals surface area contributed by atoms with Crippen LogP contribution in [0, 0.1) is 0 Å². The summed E-state index contributed by atoms with van der Waals surface area (Å²) in [7, 11) is -4.63. The smallest absolute Gasteiger partial charge is 0.348 e. The Labute approximate surface area is 202 Å². The zero-order valence-electron chi connectivity index (χ0n) is 21.1. The van der Waals surface area contributed by atoms with E-state index in [2.05, 4.69) is 0 Å². The van der Waals surface area contributed by atoms with Crippen molar-refractivity contribution in [3.63, 3.8) is 0 Å². The molecule has 0 spiro atoms. The third-order valence-corrected chi connectivity index (χ3v) is 8.28. The minimum absolute atomic E-state index is 0.338. The van der Waals surface area contributed by atoms with Crippen molar-refractivity contribution in [1.29, 1.82) is 0 Å². The lowest BCUT2D eigenvalue weighted by atomic mass is 10.1. The molecule has 0 aliphatic heterocycles. The average Bonchev–Trinajstić information content (AvgIpc) is 2.77. The number of hydrogen-bond donors (Lipinski definition) is 0. The highest BCUT2D eigenvalue weighted by Gasteiger charge is 2.80. The minimum atomic E-state index is -6.76. The van der Waals surface area contributed by atoms with E-state index in [1.807, 2.05) is 0 Å². The van der Waals surface area contributed by atoms with E-state index in [0.717, 1.165) is 6.92 Å². The molecule has 15 heteroatoms. The lowest BCUT2D eigenvalue weighted by molar-refractivity contribution is -0.475. The zero-order valence-corrected chi connectivity index (χ0v) is 22.1. The van der Waals surface area contributed by atoms with Gasteiger partial charge in [0.05, 0.1) is 0 Å². The maximum Gasteiger partial charge on any atom is 0.681 e. The van der Waals surface area contributed by atoms with Crippen LogP contribution in [-0.4, -0.2) is 62.5 Å². The second-order valence-electron chi connectivity index (χ2n) is 8.47. The summed E-state index contributed by atoms with van der Waals surface area (Å²) in [6.45, 7) is 11.4. The lowest BCUT2D eigenvalue weighted by Crippen LogP contribution is -2.70. The molecule has 0 aromatic heterocycles. The Kier molecular flexibility index (Phi) is 12.6. The first-order valence-electron chi connectivity index (χ1n) is 11.4. The lowest BCUT2D eigenvalue weighted by Gasteiger charge is -2.45. The van der Waals surface area contributed by atoms with Crippen LogP contribution < -0.4 is 0 Å². The van der Waals surface area contributed by atoms with E-state index < -0.39 is 68.9 Å². The average molecular weight is 551 g/mol. The van der Waals surface area contributed by atoms with Crippen LogP contribution >= 0.6 is 0 Å². The molecule has 0 fully saturated rings. The Morgan fingerprint density at radius 1 is 0.771 bits per heavy atom. The maximum absolute atomic E-state index is 14.6. The van der Waals surface area contributed by atoms with E-state index in [4.69, 9.17) is 17.7 Å². The molecule has 0 rings (SSSR count). The number of hydrogen-bond acceptors (Lipinski definition) is 5. The van der Waals surface area contributed by atoms with E-state index in [-0.39, 0.29) is 0 Å². The Morgan fingerprint density at radius 3 is 1.37 bits per heavy atom. The molecule has 211 valence electrons. The van der Waals surface area contributed by atoms with E-state index in [0.29, 0.717) is 26.2 Å². The monoisotopic (exact) mass is 550 g/mol. The standard InChI is InChI=1S/C20H36F8NO5Si/c1-9-13(5)31-35(32-14(6)10-2,33-15(7)11-3)34-17(8,12-4)29(30)20(27,28)19(25,26)18(23,24)16(21)22/h13-16H,9-12H2,1-8H3. The third-order valence-electron chi connectivity index (χ3n) is 5.52. The Hall–Kier alpha value is -0.583. The maximum atomic E-state index is 14.6. The Balaban J connectivity index is 6.67. The zero-order chi connectivity index (χ0) is 28.0. The van der Waals surface area contributed by atoms with Gasteiger partial charge in [-0.05, 0) is 53.4 Å². The molecular weight excluding hydrogens is 514 g/mol. The van der Waals surface area contributed by atoms with Crippen LogP contribution in [0.5, 0.6) is 0 Å². The second kappa shape index (κ2) is 12.8. The van der Waals surface area contributed by atoms with Crippen LogP contribution in [0.4, 0.5) is 35.1 Å². The van der Waals surface area contributed by atoms with Gasteiger partial charge in [-0.15, -0.1) is 5.21 Å². The van der Waals surface area contributed by atoms with Gasteiger partial charge in [-0.1, -0.05) is 32.8 Å². The number of alkyl halides is 8. The van der Waals surface area contributed by atoms with Gasteiger partial charge in [-0.25, -0.2) is 8.78 Å². The van der Waals surface area contributed by atoms with Gasteiger partial charge in [0.1, 0.15) is 5.72 Å². The van der Waals surface area contributed by atoms with Gasteiger partial charge in [0.15, 0.2) is 0 Å². The molecule has 1 radical (unpaired) electrons. The first-order valence-corrected chi connectivity index (χ1v) is 13.0. The molecule has 0 saturated carbocycles. The molecule has 0 aromatic carbocycles. The molecule has 0 aliphatic rings. The number of nitrogens with zero attached hydrogens (tertiary/aromatic N) is 1. The fourth-order valence-corrected chi connectivity index (χ4v) is 5.49. The number of hydroxylamine groups is 2. The number of halogens is 8. The topological polar surface area (TPSA) is 60.1 Å². The molecule has 0 saturated heterocycles. The fourth-order valence-electron chi connectivity index (χ4n) is 2.43. The molecule has 0 amide bonds. The first-order chi connectivity index (χ1) is 15.7. The van der Waals surface area contributed by atoms with Crippen LogP contribution in [0.25, 0.3) is 0 Å². The largest absolute Gasteiger partial charge is 0.681 e. The molecule has 0 bridgehead atoms. The summed E-state index contributed by atoms with van der Waals surface area (Å²) in [5, 5.41) is 10.9. The van der Waals surface area contributed by atoms with E-state index >= 15 is 0 Å². The Morgan fingerprint density at radius 2 is 1.11 bits per heavy atom. The van der Waals surface area contributed by atoms with E-state index in [9.17, 15) is 40.3 Å². The SMILES string of the molecule is CCC(C)O[Si](OC(C)CC)(OC(C)CC)OC(C)(CC)N([O])C(F)(F)C(F)(F)C(F)(F)C(F)F. The summed E-state index contributed by atoms with van der Waals surface area (Å²) in [5.74, 6) is -13.3. The van der Waals surface area contributed by atoms with Crippen LogP contribution in [-0.2, 0) is 22.9 Å². The van der Waals surface area contributed by atoms with Crippen molar-refractivity contribution in [1.82, 2.24) is 5.06 Å². The van der Waals surface area contributed by atoms with Gasteiger partial charge >= 0.3 is 33.4 Å². The van der Waals surface area contributed by atoms with Gasteiger partial charge < -0.3 is 17.7 Å². The van der Waals surface area contributed by atoms with Crippen molar-refractivity contribution >= 4 is 9.05 Å². The van der Waals surface area contributed by atoms with Crippen LogP contribution in [0.15, 0.2) is 0 Å². The van der Waals surface area contributed by atoms with Gasteiger partial charge in [-0.3, -0.25) is 0 Å². The summed E-state index contributed by atoms with van der Waals surface area (Å²) < 4.78 is 132. The third kappa shape index (κ3) is 7.71. The molecule has 4 unspecified atom stereocenters. The molecule has 0 N–H and O–H groups in total. The molecule has 0 aromatic rings. The van der Waals surface area contributed by atoms with Gasteiger partial charge in [0.25, 0.3) is 0 Å². The highest BCUT2D eigenvalue weighted by Crippen LogP contribution is 2.51. The summed E-state index contributed by atoms with van der Waals surface area (Å²) in [5.41, 5.74) is -3.01. The van der Waals surface area contributed by atoms with Crippen LogP contribution in [0.3, 0.4) is 0 Å².